The lowest BCUT2D eigenvalue weighted by Gasteiger charge is -2.07. The molecule has 1 N–H and O–H groups in total. The molecule has 0 radical (unpaired) electrons. The van der Waals surface area contributed by atoms with Gasteiger partial charge in [-0.1, -0.05) is 6.07 Å². The first-order valence-electron chi connectivity index (χ1n) is 7.56. The highest BCUT2D eigenvalue weighted by molar-refractivity contribution is 5.90. The average Bonchev–Trinajstić information content (AvgIpc) is 2.98. The monoisotopic (exact) mass is 339 g/mol. The molecule has 1 amide bonds. The molecule has 0 aliphatic rings. The Hall–Kier alpha value is -3.47. The summed E-state index contributed by atoms with van der Waals surface area (Å²) in [5.74, 6) is -0.611. The van der Waals surface area contributed by atoms with Crippen molar-refractivity contribution in [3.8, 4) is 22.9 Å². The van der Waals surface area contributed by atoms with Crippen LogP contribution < -0.4 is 10.1 Å². The average molecular weight is 339 g/mol. The topological polar surface area (TPSA) is 92.3 Å². The molecule has 7 nitrogen and oxygen atoms in total. The van der Waals surface area contributed by atoms with Crippen molar-refractivity contribution < 1.29 is 13.9 Å². The molecule has 8 heteroatoms. The Bertz CT molecular complexity index is 977. The second-order valence-electron chi connectivity index (χ2n) is 5.12. The molecule has 0 bridgehead atoms. The minimum Gasteiger partial charge on any atom is -0.491 e. The molecular weight excluding hydrogens is 325 g/mol. The second kappa shape index (κ2) is 6.97. The van der Waals surface area contributed by atoms with Crippen LogP contribution in [-0.2, 0) is 4.79 Å². The summed E-state index contributed by atoms with van der Waals surface area (Å²) in [4.78, 5) is 15.6. The van der Waals surface area contributed by atoms with E-state index in [2.05, 4.69) is 15.4 Å². The van der Waals surface area contributed by atoms with Crippen LogP contribution in [0.2, 0.25) is 0 Å². The zero-order chi connectivity index (χ0) is 17.8. The summed E-state index contributed by atoms with van der Waals surface area (Å²) >= 11 is 0. The molecule has 2 heterocycles. The number of anilines is 1. The van der Waals surface area contributed by atoms with E-state index in [-0.39, 0.29) is 18.1 Å². The Kier molecular flexibility index (Phi) is 4.57. The number of amides is 1. The van der Waals surface area contributed by atoms with Gasteiger partial charge in [0.15, 0.2) is 17.2 Å². The van der Waals surface area contributed by atoms with Gasteiger partial charge in [0, 0.05) is 11.8 Å². The number of benzene rings is 1. The van der Waals surface area contributed by atoms with E-state index in [1.807, 2.05) is 0 Å². The van der Waals surface area contributed by atoms with Crippen LogP contribution in [0.15, 0.2) is 36.5 Å². The van der Waals surface area contributed by atoms with Gasteiger partial charge in [-0.15, -0.1) is 5.10 Å². The summed E-state index contributed by atoms with van der Waals surface area (Å²) in [6.45, 7) is 2.18. The molecule has 0 aliphatic heterocycles. The first-order chi connectivity index (χ1) is 12.1. The van der Waals surface area contributed by atoms with Crippen LogP contribution in [0.3, 0.4) is 0 Å². The number of carbonyl (C=O) groups excluding carboxylic acids is 1. The number of halogens is 1. The number of nitriles is 1. The highest BCUT2D eigenvalue weighted by Crippen LogP contribution is 2.26. The van der Waals surface area contributed by atoms with E-state index in [1.54, 1.807) is 43.5 Å². The molecule has 0 fully saturated rings. The van der Waals surface area contributed by atoms with Crippen molar-refractivity contribution in [3.63, 3.8) is 0 Å². The van der Waals surface area contributed by atoms with E-state index >= 15 is 0 Å². The van der Waals surface area contributed by atoms with Crippen LogP contribution in [0.4, 0.5) is 10.3 Å². The zero-order valence-corrected chi connectivity index (χ0v) is 13.4. The van der Waals surface area contributed by atoms with Crippen molar-refractivity contribution in [3.05, 3.63) is 42.3 Å². The molecule has 2 aromatic heterocycles. The highest BCUT2D eigenvalue weighted by Gasteiger charge is 2.10. The van der Waals surface area contributed by atoms with Crippen molar-refractivity contribution in [2.75, 3.05) is 11.9 Å². The van der Waals surface area contributed by atoms with E-state index < -0.39 is 11.7 Å². The SMILES string of the molecule is CCOc1ccc(-c2ccc3nc(NC(=O)CC#N)nn3c2)cc1F. The first kappa shape index (κ1) is 16.4. The smallest absolute Gasteiger partial charge is 0.249 e. The number of ether oxygens (including phenoxy) is 1. The van der Waals surface area contributed by atoms with E-state index in [0.29, 0.717) is 17.8 Å². The van der Waals surface area contributed by atoms with Gasteiger partial charge < -0.3 is 4.74 Å². The highest BCUT2D eigenvalue weighted by atomic mass is 19.1. The van der Waals surface area contributed by atoms with Crippen molar-refractivity contribution in [2.45, 2.75) is 13.3 Å². The summed E-state index contributed by atoms with van der Waals surface area (Å²) in [5, 5.41) is 15.1. The molecule has 126 valence electrons. The maximum Gasteiger partial charge on any atom is 0.249 e. The van der Waals surface area contributed by atoms with E-state index in [1.165, 1.54) is 10.6 Å². The van der Waals surface area contributed by atoms with Gasteiger partial charge in [-0.25, -0.2) is 8.91 Å². The molecule has 0 unspecified atom stereocenters. The lowest BCUT2D eigenvalue weighted by molar-refractivity contribution is -0.115. The molecule has 0 saturated heterocycles. The Morgan fingerprint density at radius 2 is 2.16 bits per heavy atom. The van der Waals surface area contributed by atoms with Gasteiger partial charge in [0.25, 0.3) is 0 Å². The van der Waals surface area contributed by atoms with Crippen LogP contribution in [0, 0.1) is 17.1 Å². The number of carbonyl (C=O) groups is 1. The normalized spacial score (nSPS) is 10.4. The third-order valence-electron chi connectivity index (χ3n) is 3.39. The predicted molar refractivity (Wildman–Crippen MR) is 88.4 cm³/mol. The summed E-state index contributed by atoms with van der Waals surface area (Å²) in [7, 11) is 0. The fourth-order valence-corrected chi connectivity index (χ4v) is 2.30. The van der Waals surface area contributed by atoms with E-state index in [0.717, 1.165) is 5.56 Å². The van der Waals surface area contributed by atoms with E-state index in [4.69, 9.17) is 10.00 Å². The molecule has 3 rings (SSSR count). The largest absolute Gasteiger partial charge is 0.491 e. The molecule has 25 heavy (non-hydrogen) atoms. The second-order valence-corrected chi connectivity index (χ2v) is 5.12. The maximum atomic E-state index is 14.0. The Balaban J connectivity index is 1.89. The van der Waals surface area contributed by atoms with Crippen LogP contribution in [0.1, 0.15) is 13.3 Å². The molecule has 1 aromatic carbocycles. The lowest BCUT2D eigenvalue weighted by Crippen LogP contribution is -2.11. The number of nitrogens with one attached hydrogen (secondary N) is 1. The maximum absolute atomic E-state index is 14.0. The fourth-order valence-electron chi connectivity index (χ4n) is 2.30. The Morgan fingerprint density at radius 1 is 1.36 bits per heavy atom. The number of hydrogen-bond donors (Lipinski definition) is 1. The zero-order valence-electron chi connectivity index (χ0n) is 13.4. The standard InChI is InChI=1S/C17H14FN5O2/c1-2-25-14-5-3-11(9-13(14)18)12-4-6-15-20-17(22-23(15)10-12)21-16(24)7-8-19/h3-6,9-10H,2,7H2,1H3,(H,21,22,24). The van der Waals surface area contributed by atoms with Crippen LogP contribution in [0.25, 0.3) is 16.8 Å². The Morgan fingerprint density at radius 3 is 2.88 bits per heavy atom. The van der Waals surface area contributed by atoms with E-state index in [9.17, 15) is 9.18 Å². The Labute approximate surface area is 142 Å². The van der Waals surface area contributed by atoms with Gasteiger partial charge in [0.2, 0.25) is 11.9 Å². The molecule has 0 saturated carbocycles. The van der Waals surface area contributed by atoms with Crippen molar-refractivity contribution >= 4 is 17.5 Å². The summed E-state index contributed by atoms with van der Waals surface area (Å²) in [6.07, 6.45) is 1.41. The number of rotatable bonds is 5. The third-order valence-corrected chi connectivity index (χ3v) is 3.39. The molecular formula is C17H14FN5O2. The minimum absolute atomic E-state index is 0.107. The predicted octanol–water partition coefficient (Wildman–Crippen LogP) is 2.79. The first-order valence-corrected chi connectivity index (χ1v) is 7.56. The number of hydrogen-bond acceptors (Lipinski definition) is 5. The van der Waals surface area contributed by atoms with Gasteiger partial charge in [0.1, 0.15) is 6.42 Å². The quantitative estimate of drug-likeness (QED) is 0.771. The van der Waals surface area contributed by atoms with Crippen molar-refractivity contribution in [2.24, 2.45) is 0 Å². The van der Waals surface area contributed by atoms with Gasteiger partial charge in [-0.2, -0.15) is 10.2 Å². The van der Waals surface area contributed by atoms with Crippen LogP contribution in [-0.4, -0.2) is 27.1 Å². The lowest BCUT2D eigenvalue weighted by atomic mass is 10.1. The van der Waals surface area contributed by atoms with Crippen molar-refractivity contribution in [1.29, 1.82) is 5.26 Å². The summed E-state index contributed by atoms with van der Waals surface area (Å²) < 4.78 is 20.7. The summed E-state index contributed by atoms with van der Waals surface area (Å²) in [5.41, 5.74) is 1.91. The number of aromatic nitrogens is 3. The third kappa shape index (κ3) is 3.55. The molecule has 0 spiro atoms. The van der Waals surface area contributed by atoms with Crippen molar-refractivity contribution in [1.82, 2.24) is 14.6 Å². The summed E-state index contributed by atoms with van der Waals surface area (Å²) in [6, 6.07) is 9.95. The molecule has 3 aromatic rings. The minimum atomic E-state index is -0.479. The fraction of sp³-hybridized carbons (Fsp3) is 0.176. The molecule has 0 atom stereocenters. The van der Waals surface area contributed by atoms with Gasteiger partial charge in [-0.05, 0) is 36.8 Å². The molecule has 0 aliphatic carbocycles. The number of fused-ring (bicyclic) bond motifs is 1. The van der Waals surface area contributed by atoms with Gasteiger partial charge in [0.05, 0.1) is 12.7 Å². The number of nitrogens with zero attached hydrogens (tertiary/aromatic N) is 4. The van der Waals surface area contributed by atoms with Crippen LogP contribution >= 0.6 is 0 Å². The van der Waals surface area contributed by atoms with Crippen LogP contribution in [0.5, 0.6) is 5.75 Å². The van der Waals surface area contributed by atoms with Gasteiger partial charge >= 0.3 is 0 Å². The van der Waals surface area contributed by atoms with Gasteiger partial charge in [-0.3, -0.25) is 10.1 Å². The number of pyridine rings is 1.